The average molecular weight is 281 g/mol. The van der Waals surface area contributed by atoms with Crippen LogP contribution in [0.2, 0.25) is 0 Å². The number of hydrogen-bond acceptors (Lipinski definition) is 6. The minimum atomic E-state index is -1.03. The van der Waals surface area contributed by atoms with E-state index in [1.54, 1.807) is 12.1 Å². The van der Waals surface area contributed by atoms with Crippen LogP contribution in [0.1, 0.15) is 10.4 Å². The Morgan fingerprint density at radius 2 is 2.15 bits per heavy atom. The number of aliphatic hydroxyl groups is 2. The molecule has 0 spiro atoms. The van der Waals surface area contributed by atoms with E-state index < -0.39 is 18.2 Å². The zero-order valence-corrected chi connectivity index (χ0v) is 11.5. The van der Waals surface area contributed by atoms with Gasteiger partial charge in [0.15, 0.2) is 0 Å². The van der Waals surface area contributed by atoms with Gasteiger partial charge in [-0.2, -0.15) is 0 Å². The van der Waals surface area contributed by atoms with Crippen LogP contribution >= 0.6 is 0 Å². The lowest BCUT2D eigenvalue weighted by molar-refractivity contribution is -0.102. The molecule has 3 atom stereocenters. The number of carbonyl (C=O) groups excluding carboxylic acids is 1. The second-order valence-electron chi connectivity index (χ2n) is 4.97. The van der Waals surface area contributed by atoms with E-state index >= 15 is 0 Å². The summed E-state index contributed by atoms with van der Waals surface area (Å²) in [5.74, 6) is 0.391. The molecule has 0 aliphatic carbocycles. The van der Waals surface area contributed by atoms with Crippen molar-refractivity contribution in [3.05, 3.63) is 23.9 Å². The smallest absolute Gasteiger partial charge is 0.253 e. The van der Waals surface area contributed by atoms with Crippen molar-refractivity contribution in [1.82, 2.24) is 10.3 Å². The third-order valence-corrected chi connectivity index (χ3v) is 3.18. The fraction of sp³-hybridized carbons (Fsp3) is 0.538. The van der Waals surface area contributed by atoms with Crippen LogP contribution in [0.5, 0.6) is 0 Å². The maximum absolute atomic E-state index is 12.0. The minimum Gasteiger partial charge on any atom is -0.388 e. The number of pyridine rings is 1. The molecule has 7 nitrogen and oxygen atoms in total. The molecule has 1 aliphatic rings. The second-order valence-corrected chi connectivity index (χ2v) is 4.97. The van der Waals surface area contributed by atoms with Crippen LogP contribution in [0.15, 0.2) is 18.3 Å². The van der Waals surface area contributed by atoms with Gasteiger partial charge in [0, 0.05) is 20.3 Å². The van der Waals surface area contributed by atoms with Crippen molar-refractivity contribution in [1.29, 1.82) is 0 Å². The monoisotopic (exact) mass is 281 g/mol. The van der Waals surface area contributed by atoms with Gasteiger partial charge in [0.25, 0.3) is 5.91 Å². The summed E-state index contributed by atoms with van der Waals surface area (Å²) in [7, 11) is 3.72. The summed E-state index contributed by atoms with van der Waals surface area (Å²) in [5, 5.41) is 21.9. The molecule has 1 amide bonds. The van der Waals surface area contributed by atoms with Gasteiger partial charge in [0.1, 0.15) is 18.0 Å². The van der Waals surface area contributed by atoms with Crippen LogP contribution in [0.4, 0.5) is 5.82 Å². The summed E-state index contributed by atoms with van der Waals surface area (Å²) in [5.41, 5.74) is 0.392. The van der Waals surface area contributed by atoms with Gasteiger partial charge in [-0.05, 0) is 12.1 Å². The maximum Gasteiger partial charge on any atom is 0.253 e. The van der Waals surface area contributed by atoms with Gasteiger partial charge in [-0.3, -0.25) is 4.79 Å². The fourth-order valence-electron chi connectivity index (χ4n) is 1.94. The highest BCUT2D eigenvalue weighted by molar-refractivity contribution is 5.94. The first-order chi connectivity index (χ1) is 9.49. The van der Waals surface area contributed by atoms with Crippen LogP contribution in [-0.2, 0) is 4.74 Å². The number of hydrogen-bond donors (Lipinski definition) is 3. The van der Waals surface area contributed by atoms with Gasteiger partial charge in [-0.1, -0.05) is 0 Å². The zero-order valence-electron chi connectivity index (χ0n) is 11.5. The summed E-state index contributed by atoms with van der Waals surface area (Å²) in [6.45, 7) is 0.250. The van der Waals surface area contributed by atoms with Crippen molar-refractivity contribution in [3.8, 4) is 0 Å². The predicted octanol–water partition coefficient (Wildman–Crippen LogP) is -1.00. The molecule has 110 valence electrons. The van der Waals surface area contributed by atoms with Crippen LogP contribution in [-0.4, -0.2) is 66.7 Å². The Balaban J connectivity index is 2.00. The van der Waals surface area contributed by atoms with E-state index in [0.717, 1.165) is 5.82 Å². The second kappa shape index (κ2) is 6.17. The predicted molar refractivity (Wildman–Crippen MR) is 72.7 cm³/mol. The molecule has 0 radical (unpaired) electrons. The topological polar surface area (TPSA) is 94.9 Å². The molecule has 0 saturated carbocycles. The lowest BCUT2D eigenvalue weighted by Gasteiger charge is -2.32. The molecule has 1 aromatic heterocycles. The number of ether oxygens (including phenoxy) is 1. The SMILES string of the molecule is CN(C)c1ccc(C(=O)N[C@@H]2COC[C@@H](O)[C@H]2O)cn1. The van der Waals surface area contributed by atoms with Gasteiger partial charge in [-0.25, -0.2) is 4.98 Å². The quantitative estimate of drug-likeness (QED) is 0.658. The summed E-state index contributed by atoms with van der Waals surface area (Å²) in [4.78, 5) is 18.0. The van der Waals surface area contributed by atoms with E-state index in [1.807, 2.05) is 19.0 Å². The van der Waals surface area contributed by atoms with E-state index in [0.29, 0.717) is 5.56 Å². The lowest BCUT2D eigenvalue weighted by Crippen LogP contribution is -2.55. The molecule has 2 heterocycles. The van der Waals surface area contributed by atoms with Gasteiger partial charge in [0.2, 0.25) is 0 Å². The van der Waals surface area contributed by atoms with E-state index in [1.165, 1.54) is 6.20 Å². The molecule has 1 fully saturated rings. The summed E-state index contributed by atoms with van der Waals surface area (Å²) < 4.78 is 5.11. The standard InChI is InChI=1S/C13H19N3O4/c1-16(2)11-4-3-8(5-14-11)13(19)15-9-6-20-7-10(17)12(9)18/h3-5,9-10,12,17-18H,6-7H2,1-2H3,(H,15,19)/t9-,10-,12+/m1/s1. The van der Waals surface area contributed by atoms with Crippen LogP contribution in [0.25, 0.3) is 0 Å². The molecule has 1 aliphatic heterocycles. The van der Waals surface area contributed by atoms with E-state index in [9.17, 15) is 15.0 Å². The van der Waals surface area contributed by atoms with Crippen LogP contribution in [0.3, 0.4) is 0 Å². The first kappa shape index (κ1) is 14.7. The summed E-state index contributed by atoms with van der Waals surface area (Å²) in [6, 6.07) is 2.77. The lowest BCUT2D eigenvalue weighted by atomic mass is 10.0. The van der Waals surface area contributed by atoms with Crippen molar-refractivity contribution in [2.75, 3.05) is 32.2 Å². The third-order valence-electron chi connectivity index (χ3n) is 3.18. The van der Waals surface area contributed by atoms with Gasteiger partial charge in [-0.15, -0.1) is 0 Å². The molecule has 3 N–H and O–H groups in total. The Morgan fingerprint density at radius 1 is 1.40 bits per heavy atom. The number of aliphatic hydroxyl groups excluding tert-OH is 2. The van der Waals surface area contributed by atoms with Crippen molar-refractivity contribution in [2.45, 2.75) is 18.2 Å². The van der Waals surface area contributed by atoms with Gasteiger partial charge >= 0.3 is 0 Å². The van der Waals surface area contributed by atoms with Crippen molar-refractivity contribution in [2.24, 2.45) is 0 Å². The molecule has 1 saturated heterocycles. The Kier molecular flexibility index (Phi) is 4.53. The first-order valence-corrected chi connectivity index (χ1v) is 6.37. The Bertz CT molecular complexity index is 463. The molecular weight excluding hydrogens is 262 g/mol. The number of amides is 1. The number of carbonyl (C=O) groups is 1. The number of aromatic nitrogens is 1. The molecule has 0 aromatic carbocycles. The Labute approximate surface area is 117 Å². The van der Waals surface area contributed by atoms with Crippen molar-refractivity contribution >= 4 is 11.7 Å². The molecule has 1 aromatic rings. The number of nitrogens with one attached hydrogen (secondary N) is 1. The number of nitrogens with zero attached hydrogens (tertiary/aromatic N) is 2. The highest BCUT2D eigenvalue weighted by Gasteiger charge is 2.32. The molecule has 7 heteroatoms. The molecule has 0 unspecified atom stereocenters. The molecule has 2 rings (SSSR count). The average Bonchev–Trinajstić information content (AvgIpc) is 2.44. The van der Waals surface area contributed by atoms with Gasteiger partial charge < -0.3 is 25.2 Å². The number of rotatable bonds is 3. The number of anilines is 1. The largest absolute Gasteiger partial charge is 0.388 e. The van der Waals surface area contributed by atoms with Crippen LogP contribution < -0.4 is 10.2 Å². The first-order valence-electron chi connectivity index (χ1n) is 6.37. The highest BCUT2D eigenvalue weighted by atomic mass is 16.5. The fourth-order valence-corrected chi connectivity index (χ4v) is 1.94. The Hall–Kier alpha value is -1.70. The third kappa shape index (κ3) is 3.24. The Morgan fingerprint density at radius 3 is 2.75 bits per heavy atom. The summed E-state index contributed by atoms with van der Waals surface area (Å²) in [6.07, 6.45) is -0.540. The summed E-state index contributed by atoms with van der Waals surface area (Å²) >= 11 is 0. The minimum absolute atomic E-state index is 0.0760. The van der Waals surface area contributed by atoms with E-state index in [2.05, 4.69) is 10.3 Å². The van der Waals surface area contributed by atoms with Crippen molar-refractivity contribution < 1.29 is 19.7 Å². The molecule has 0 bridgehead atoms. The van der Waals surface area contributed by atoms with Crippen molar-refractivity contribution in [3.63, 3.8) is 0 Å². The molecule has 20 heavy (non-hydrogen) atoms. The maximum atomic E-state index is 12.0. The van der Waals surface area contributed by atoms with Gasteiger partial charge in [0.05, 0.1) is 24.8 Å². The highest BCUT2D eigenvalue weighted by Crippen LogP contribution is 2.11. The van der Waals surface area contributed by atoms with E-state index in [4.69, 9.17) is 4.74 Å². The van der Waals surface area contributed by atoms with E-state index in [-0.39, 0.29) is 19.1 Å². The van der Waals surface area contributed by atoms with Crippen LogP contribution in [0, 0.1) is 0 Å². The normalized spacial score (nSPS) is 26.1. The molecular formula is C13H19N3O4. The zero-order chi connectivity index (χ0) is 14.7.